The predicted octanol–water partition coefficient (Wildman–Crippen LogP) is 3.24. The molecule has 2 heterocycles. The van der Waals surface area contributed by atoms with Gasteiger partial charge < -0.3 is 14.6 Å². The molecule has 0 saturated carbocycles. The number of aromatic nitrogens is 1. The molecule has 2 rings (SSSR count). The van der Waals surface area contributed by atoms with Gasteiger partial charge in [-0.15, -0.1) is 0 Å². The third-order valence-electron chi connectivity index (χ3n) is 4.19. The molecule has 0 fully saturated rings. The lowest BCUT2D eigenvalue weighted by atomic mass is 10.2. The minimum absolute atomic E-state index is 0.0730. The van der Waals surface area contributed by atoms with Gasteiger partial charge in [0.15, 0.2) is 0 Å². The van der Waals surface area contributed by atoms with E-state index in [1.54, 1.807) is 30.3 Å². The van der Waals surface area contributed by atoms with Crippen LogP contribution in [0.1, 0.15) is 53.6 Å². The molecule has 0 aliphatic rings. The number of nitrogens with zero attached hydrogens (tertiary/aromatic N) is 2. The molecule has 0 aromatic carbocycles. The minimum atomic E-state index is -0.0743. The fraction of sp³-hybridized carbons (Fsp3) is 0.450. The zero-order valence-electron chi connectivity index (χ0n) is 15.7. The topological polar surface area (TPSA) is 75.4 Å². The lowest BCUT2D eigenvalue weighted by Crippen LogP contribution is -2.36. The second-order valence-electron chi connectivity index (χ2n) is 6.35. The van der Waals surface area contributed by atoms with Gasteiger partial charge >= 0.3 is 0 Å². The van der Waals surface area contributed by atoms with Crippen LogP contribution in [0.4, 0.5) is 0 Å². The summed E-state index contributed by atoms with van der Waals surface area (Å²) in [7, 11) is 0. The highest BCUT2D eigenvalue weighted by Gasteiger charge is 2.20. The molecule has 6 nitrogen and oxygen atoms in total. The summed E-state index contributed by atoms with van der Waals surface area (Å²) in [5, 5.41) is 2.88. The third kappa shape index (κ3) is 5.72. The molecule has 0 spiro atoms. The van der Waals surface area contributed by atoms with Crippen LogP contribution in [-0.4, -0.2) is 34.8 Å². The molecule has 0 unspecified atom stereocenters. The van der Waals surface area contributed by atoms with Crippen LogP contribution in [0.2, 0.25) is 0 Å². The highest BCUT2D eigenvalue weighted by molar-refractivity contribution is 5.95. The SMILES string of the molecule is CCCCN(CCC(=O)NCc1ccncc1)C(=O)c1cc(C)oc1C. The van der Waals surface area contributed by atoms with Crippen molar-refractivity contribution >= 4 is 11.8 Å². The monoisotopic (exact) mass is 357 g/mol. The number of pyridine rings is 1. The Balaban J connectivity index is 1.91. The Kier molecular flexibility index (Phi) is 7.38. The van der Waals surface area contributed by atoms with Crippen molar-refractivity contribution < 1.29 is 14.0 Å². The van der Waals surface area contributed by atoms with Gasteiger partial charge in [0.1, 0.15) is 11.5 Å². The summed E-state index contributed by atoms with van der Waals surface area (Å²) in [6, 6.07) is 5.49. The van der Waals surface area contributed by atoms with Gasteiger partial charge in [-0.05, 0) is 44.0 Å². The molecule has 0 atom stereocenters. The number of unbranched alkanes of at least 4 members (excludes halogenated alkanes) is 1. The largest absolute Gasteiger partial charge is 0.466 e. The molecule has 0 radical (unpaired) electrons. The Morgan fingerprint density at radius 2 is 1.92 bits per heavy atom. The lowest BCUT2D eigenvalue weighted by molar-refractivity contribution is -0.121. The van der Waals surface area contributed by atoms with E-state index < -0.39 is 0 Å². The highest BCUT2D eigenvalue weighted by atomic mass is 16.3. The molecule has 0 saturated heterocycles. The maximum atomic E-state index is 12.8. The van der Waals surface area contributed by atoms with Gasteiger partial charge in [-0.2, -0.15) is 0 Å². The molecule has 1 N–H and O–H groups in total. The Labute approximate surface area is 154 Å². The van der Waals surface area contributed by atoms with Crippen molar-refractivity contribution in [2.24, 2.45) is 0 Å². The molecular formula is C20H27N3O3. The van der Waals surface area contributed by atoms with E-state index >= 15 is 0 Å². The van der Waals surface area contributed by atoms with Crippen molar-refractivity contribution in [1.82, 2.24) is 15.2 Å². The summed E-state index contributed by atoms with van der Waals surface area (Å²) in [4.78, 5) is 30.6. The van der Waals surface area contributed by atoms with E-state index in [1.165, 1.54) is 0 Å². The van der Waals surface area contributed by atoms with Crippen LogP contribution in [0.3, 0.4) is 0 Å². The molecule has 26 heavy (non-hydrogen) atoms. The second-order valence-corrected chi connectivity index (χ2v) is 6.35. The number of aryl methyl sites for hydroxylation is 2. The summed E-state index contributed by atoms with van der Waals surface area (Å²) < 4.78 is 5.47. The maximum absolute atomic E-state index is 12.8. The first-order chi connectivity index (χ1) is 12.5. The first-order valence-electron chi connectivity index (χ1n) is 9.03. The van der Waals surface area contributed by atoms with Crippen LogP contribution < -0.4 is 5.32 Å². The molecule has 2 amide bonds. The summed E-state index contributed by atoms with van der Waals surface area (Å²) in [5.74, 6) is 1.19. The normalized spacial score (nSPS) is 10.6. The number of carbonyl (C=O) groups excluding carboxylic acids is 2. The Morgan fingerprint density at radius 1 is 1.19 bits per heavy atom. The van der Waals surface area contributed by atoms with Gasteiger partial charge in [0.05, 0.1) is 5.56 Å². The van der Waals surface area contributed by atoms with E-state index in [0.29, 0.717) is 31.0 Å². The standard InChI is InChI=1S/C20H27N3O3/c1-4-5-11-23(20(25)18-13-15(2)26-16(18)3)12-8-19(24)22-14-17-6-9-21-10-7-17/h6-7,9-10,13H,4-5,8,11-12,14H2,1-3H3,(H,22,24). The predicted molar refractivity (Wildman–Crippen MR) is 99.7 cm³/mol. The van der Waals surface area contributed by atoms with E-state index in [4.69, 9.17) is 4.42 Å². The summed E-state index contributed by atoms with van der Waals surface area (Å²) in [5.41, 5.74) is 1.58. The summed E-state index contributed by atoms with van der Waals surface area (Å²) in [6.07, 6.45) is 5.56. The Morgan fingerprint density at radius 3 is 2.54 bits per heavy atom. The van der Waals surface area contributed by atoms with Crippen molar-refractivity contribution in [3.8, 4) is 0 Å². The quantitative estimate of drug-likeness (QED) is 0.747. The van der Waals surface area contributed by atoms with Crippen LogP contribution in [0, 0.1) is 13.8 Å². The number of hydrogen-bond donors (Lipinski definition) is 1. The molecule has 0 aliphatic carbocycles. The first-order valence-corrected chi connectivity index (χ1v) is 9.03. The van der Waals surface area contributed by atoms with E-state index in [0.717, 1.165) is 24.2 Å². The molecule has 0 aliphatic heterocycles. The number of nitrogens with one attached hydrogen (secondary N) is 1. The van der Waals surface area contributed by atoms with Crippen molar-refractivity contribution in [3.05, 3.63) is 53.2 Å². The van der Waals surface area contributed by atoms with E-state index in [2.05, 4.69) is 17.2 Å². The van der Waals surface area contributed by atoms with Crippen LogP contribution in [0.25, 0.3) is 0 Å². The molecule has 0 bridgehead atoms. The Hall–Kier alpha value is -2.63. The fourth-order valence-corrected chi connectivity index (χ4v) is 2.70. The number of hydrogen-bond acceptors (Lipinski definition) is 4. The van der Waals surface area contributed by atoms with Crippen LogP contribution in [0.5, 0.6) is 0 Å². The third-order valence-corrected chi connectivity index (χ3v) is 4.19. The fourth-order valence-electron chi connectivity index (χ4n) is 2.70. The van der Waals surface area contributed by atoms with Crippen molar-refractivity contribution in [2.45, 2.75) is 46.6 Å². The van der Waals surface area contributed by atoms with E-state index in [1.807, 2.05) is 19.1 Å². The van der Waals surface area contributed by atoms with Gasteiger partial charge in [-0.25, -0.2) is 0 Å². The van der Waals surface area contributed by atoms with Gasteiger partial charge in [-0.1, -0.05) is 13.3 Å². The second kappa shape index (κ2) is 9.75. The van der Waals surface area contributed by atoms with Gasteiger partial charge in [-0.3, -0.25) is 14.6 Å². The number of amides is 2. The number of carbonyl (C=O) groups is 2. The number of rotatable bonds is 9. The molecular weight excluding hydrogens is 330 g/mol. The van der Waals surface area contributed by atoms with Crippen molar-refractivity contribution in [1.29, 1.82) is 0 Å². The van der Waals surface area contributed by atoms with Gasteiger partial charge in [0.25, 0.3) is 5.91 Å². The van der Waals surface area contributed by atoms with Crippen molar-refractivity contribution in [3.63, 3.8) is 0 Å². The minimum Gasteiger partial charge on any atom is -0.466 e. The lowest BCUT2D eigenvalue weighted by Gasteiger charge is -2.22. The zero-order valence-corrected chi connectivity index (χ0v) is 15.7. The van der Waals surface area contributed by atoms with E-state index in [-0.39, 0.29) is 18.2 Å². The van der Waals surface area contributed by atoms with Crippen LogP contribution in [-0.2, 0) is 11.3 Å². The summed E-state index contributed by atoms with van der Waals surface area (Å²) >= 11 is 0. The average molecular weight is 357 g/mol. The molecule has 140 valence electrons. The maximum Gasteiger partial charge on any atom is 0.257 e. The van der Waals surface area contributed by atoms with Gasteiger partial charge in [0.2, 0.25) is 5.91 Å². The average Bonchev–Trinajstić information content (AvgIpc) is 2.98. The van der Waals surface area contributed by atoms with Crippen LogP contribution >= 0.6 is 0 Å². The molecule has 2 aromatic rings. The smallest absolute Gasteiger partial charge is 0.257 e. The molecule has 2 aromatic heterocycles. The zero-order chi connectivity index (χ0) is 18.9. The first kappa shape index (κ1) is 19.7. The molecule has 6 heteroatoms. The number of furan rings is 1. The Bertz CT molecular complexity index is 725. The van der Waals surface area contributed by atoms with Gasteiger partial charge in [0, 0.05) is 38.4 Å². The highest BCUT2D eigenvalue weighted by Crippen LogP contribution is 2.16. The van der Waals surface area contributed by atoms with Crippen molar-refractivity contribution in [2.75, 3.05) is 13.1 Å². The summed E-state index contributed by atoms with van der Waals surface area (Å²) in [6.45, 7) is 7.19. The van der Waals surface area contributed by atoms with Crippen LogP contribution in [0.15, 0.2) is 35.0 Å². The van der Waals surface area contributed by atoms with E-state index in [9.17, 15) is 9.59 Å².